The molecule has 0 saturated heterocycles. The Morgan fingerprint density at radius 1 is 1.30 bits per heavy atom. The van der Waals surface area contributed by atoms with Gasteiger partial charge in [-0.3, -0.25) is 9.69 Å². The molecule has 5 nitrogen and oxygen atoms in total. The predicted octanol–water partition coefficient (Wildman–Crippen LogP) is 2.99. The zero-order valence-corrected chi connectivity index (χ0v) is 12.8. The molecule has 1 aliphatic rings. The van der Waals surface area contributed by atoms with E-state index in [2.05, 4.69) is 25.9 Å². The number of anilines is 3. The van der Waals surface area contributed by atoms with Crippen molar-refractivity contribution < 1.29 is 4.79 Å². The van der Waals surface area contributed by atoms with Crippen LogP contribution in [0.4, 0.5) is 17.3 Å². The largest absolute Gasteiger partial charge is 0.323 e. The Morgan fingerprint density at radius 3 is 2.85 bits per heavy atom. The maximum atomic E-state index is 12.6. The normalized spacial score (nSPS) is 13.8. The highest BCUT2D eigenvalue weighted by Gasteiger charge is 2.30. The Morgan fingerprint density at radius 2 is 2.10 bits per heavy atom. The lowest BCUT2D eigenvalue weighted by molar-refractivity contribution is 0.0993. The quantitative estimate of drug-likeness (QED) is 0.805. The van der Waals surface area contributed by atoms with Gasteiger partial charge in [-0.25, -0.2) is 9.97 Å². The predicted molar refractivity (Wildman–Crippen MR) is 81.6 cm³/mol. The van der Waals surface area contributed by atoms with Crippen LogP contribution < -0.4 is 9.80 Å². The number of carbonyl (C=O) groups is 1. The first-order valence-electron chi connectivity index (χ1n) is 6.29. The van der Waals surface area contributed by atoms with E-state index in [1.807, 2.05) is 17.9 Å². The fraction of sp³-hybridized carbons (Fsp3) is 0.214. The molecule has 3 rings (SSSR count). The molecule has 1 amide bonds. The molecule has 2 aromatic rings. The second-order valence-electron chi connectivity index (χ2n) is 4.48. The van der Waals surface area contributed by atoms with E-state index >= 15 is 0 Å². The van der Waals surface area contributed by atoms with Gasteiger partial charge in [0.15, 0.2) is 5.82 Å². The number of halogens is 1. The molecule has 6 heteroatoms. The number of rotatable bonds is 1. The molecule has 0 saturated carbocycles. The number of nitrogens with zero attached hydrogens (tertiary/aromatic N) is 4. The third kappa shape index (κ3) is 1.87. The molecule has 0 unspecified atom stereocenters. The Balaban J connectivity index is 2.32. The van der Waals surface area contributed by atoms with Gasteiger partial charge < -0.3 is 4.90 Å². The fourth-order valence-corrected chi connectivity index (χ4v) is 2.69. The van der Waals surface area contributed by atoms with Crippen LogP contribution in [-0.4, -0.2) is 29.5 Å². The highest BCUT2D eigenvalue weighted by molar-refractivity contribution is 9.10. The average molecular weight is 333 g/mol. The molecule has 0 aromatic carbocycles. The summed E-state index contributed by atoms with van der Waals surface area (Å²) < 4.78 is 0.870. The number of fused-ring (bicyclic) bond motifs is 2. The number of amides is 1. The van der Waals surface area contributed by atoms with E-state index in [0.29, 0.717) is 23.7 Å². The summed E-state index contributed by atoms with van der Waals surface area (Å²) >= 11 is 3.43. The number of pyridine rings is 2. The van der Waals surface area contributed by atoms with Crippen molar-refractivity contribution in [2.24, 2.45) is 0 Å². The van der Waals surface area contributed by atoms with Crippen molar-refractivity contribution >= 4 is 39.2 Å². The number of aromatic nitrogens is 2. The summed E-state index contributed by atoms with van der Waals surface area (Å²) in [6.07, 6.45) is 3.39. The molecule has 20 heavy (non-hydrogen) atoms. The van der Waals surface area contributed by atoms with Crippen molar-refractivity contribution in [1.82, 2.24) is 9.97 Å². The van der Waals surface area contributed by atoms with Crippen molar-refractivity contribution in [1.29, 1.82) is 0 Å². The van der Waals surface area contributed by atoms with Crippen LogP contribution in [0.25, 0.3) is 0 Å². The lowest BCUT2D eigenvalue weighted by atomic mass is 10.2. The molecule has 1 aliphatic heterocycles. The van der Waals surface area contributed by atoms with Gasteiger partial charge in [0.2, 0.25) is 0 Å². The number of carbonyl (C=O) groups excluding carboxylic acids is 1. The van der Waals surface area contributed by atoms with Crippen LogP contribution in [0.1, 0.15) is 17.3 Å². The van der Waals surface area contributed by atoms with Crippen LogP contribution >= 0.6 is 15.9 Å². The second-order valence-corrected chi connectivity index (χ2v) is 5.39. The highest BCUT2D eigenvalue weighted by Crippen LogP contribution is 2.38. The van der Waals surface area contributed by atoms with Gasteiger partial charge in [0, 0.05) is 30.5 Å². The van der Waals surface area contributed by atoms with Gasteiger partial charge in [0.1, 0.15) is 5.82 Å². The van der Waals surface area contributed by atoms with E-state index in [4.69, 9.17) is 0 Å². The minimum atomic E-state index is -0.0971. The van der Waals surface area contributed by atoms with E-state index in [1.165, 1.54) is 0 Å². The van der Waals surface area contributed by atoms with Crippen LogP contribution in [0, 0.1) is 0 Å². The fourth-order valence-electron chi connectivity index (χ4n) is 2.37. The summed E-state index contributed by atoms with van der Waals surface area (Å²) in [5.74, 6) is 1.21. The van der Waals surface area contributed by atoms with Gasteiger partial charge in [-0.15, -0.1) is 0 Å². The molecule has 0 aliphatic carbocycles. The molecular weight excluding hydrogens is 320 g/mol. The third-order valence-electron chi connectivity index (χ3n) is 3.32. The molecule has 0 bridgehead atoms. The molecule has 0 fully saturated rings. The van der Waals surface area contributed by atoms with Gasteiger partial charge in [-0.05, 0) is 41.1 Å². The van der Waals surface area contributed by atoms with Crippen LogP contribution in [0.2, 0.25) is 0 Å². The monoisotopic (exact) mass is 332 g/mol. The van der Waals surface area contributed by atoms with Gasteiger partial charge in [-0.1, -0.05) is 0 Å². The maximum Gasteiger partial charge on any atom is 0.262 e. The van der Waals surface area contributed by atoms with Crippen molar-refractivity contribution in [2.45, 2.75) is 6.92 Å². The van der Waals surface area contributed by atoms with Crippen molar-refractivity contribution in [3.05, 3.63) is 40.6 Å². The first-order chi connectivity index (χ1) is 9.63. The topological polar surface area (TPSA) is 49.3 Å². The van der Waals surface area contributed by atoms with Crippen molar-refractivity contribution in [3.8, 4) is 0 Å². The molecular formula is C14H13BrN4O. The Kier molecular flexibility index (Phi) is 3.17. The molecule has 0 atom stereocenters. The van der Waals surface area contributed by atoms with E-state index in [0.717, 1.165) is 10.2 Å². The van der Waals surface area contributed by atoms with Crippen LogP contribution in [0.5, 0.6) is 0 Å². The van der Waals surface area contributed by atoms with Crippen LogP contribution in [-0.2, 0) is 0 Å². The summed E-state index contributed by atoms with van der Waals surface area (Å²) in [4.78, 5) is 24.9. The summed E-state index contributed by atoms with van der Waals surface area (Å²) in [6.45, 7) is 2.73. The lowest BCUT2D eigenvalue weighted by Crippen LogP contribution is -2.26. The van der Waals surface area contributed by atoms with Crippen molar-refractivity contribution in [2.75, 3.05) is 23.4 Å². The van der Waals surface area contributed by atoms with Gasteiger partial charge >= 0.3 is 0 Å². The van der Waals surface area contributed by atoms with Crippen LogP contribution in [0.3, 0.4) is 0 Å². The zero-order valence-electron chi connectivity index (χ0n) is 11.2. The number of hydrogen-bond donors (Lipinski definition) is 0. The van der Waals surface area contributed by atoms with E-state index in [9.17, 15) is 4.79 Å². The van der Waals surface area contributed by atoms with E-state index < -0.39 is 0 Å². The molecule has 0 radical (unpaired) electrons. The zero-order chi connectivity index (χ0) is 14.3. The molecule has 3 heterocycles. The molecule has 0 N–H and O–H groups in total. The van der Waals surface area contributed by atoms with Gasteiger partial charge in [0.05, 0.1) is 11.3 Å². The standard InChI is InChI=1S/C14H13BrN4O/c1-3-19-11-7-9(15)8-17-13(11)18(2)14(20)10-5-4-6-16-12(10)19/h4-8H,3H2,1-2H3. The minimum absolute atomic E-state index is 0.0971. The lowest BCUT2D eigenvalue weighted by Gasteiger charge is -2.23. The Labute approximate surface area is 125 Å². The van der Waals surface area contributed by atoms with Gasteiger partial charge in [-0.2, -0.15) is 0 Å². The maximum absolute atomic E-state index is 12.6. The van der Waals surface area contributed by atoms with E-state index in [1.54, 1.807) is 36.5 Å². The minimum Gasteiger partial charge on any atom is -0.323 e. The summed E-state index contributed by atoms with van der Waals surface area (Å²) in [6, 6.07) is 5.53. The van der Waals surface area contributed by atoms with E-state index in [-0.39, 0.29) is 5.91 Å². The average Bonchev–Trinajstić information content (AvgIpc) is 2.55. The second kappa shape index (κ2) is 4.86. The molecule has 102 valence electrons. The first-order valence-corrected chi connectivity index (χ1v) is 7.09. The SMILES string of the molecule is CCN1c2cc(Br)cnc2N(C)C(=O)c2cccnc21. The first kappa shape index (κ1) is 13.1. The van der Waals surface area contributed by atoms with Crippen LogP contribution in [0.15, 0.2) is 35.1 Å². The summed E-state index contributed by atoms with van der Waals surface area (Å²) in [5.41, 5.74) is 1.46. The number of hydrogen-bond acceptors (Lipinski definition) is 4. The molecule has 2 aromatic heterocycles. The summed E-state index contributed by atoms with van der Waals surface area (Å²) in [5, 5.41) is 0. The molecule has 0 spiro atoms. The van der Waals surface area contributed by atoms with Gasteiger partial charge in [0.25, 0.3) is 5.91 Å². The smallest absolute Gasteiger partial charge is 0.262 e. The Hall–Kier alpha value is -1.95. The van der Waals surface area contributed by atoms with Crippen molar-refractivity contribution in [3.63, 3.8) is 0 Å². The Bertz CT molecular complexity index is 689. The third-order valence-corrected chi connectivity index (χ3v) is 3.75. The summed E-state index contributed by atoms with van der Waals surface area (Å²) in [7, 11) is 1.73. The highest BCUT2D eigenvalue weighted by atomic mass is 79.9.